The molecule has 0 amide bonds. The number of aromatic nitrogens is 2. The van der Waals surface area contributed by atoms with E-state index in [1.54, 1.807) is 7.11 Å². The molecule has 2 aromatic carbocycles. The first kappa shape index (κ1) is 12.0. The summed E-state index contributed by atoms with van der Waals surface area (Å²) in [7, 11) is 1.68. The van der Waals surface area contributed by atoms with Crippen LogP contribution in [0.2, 0.25) is 0 Å². The molecule has 4 aromatic rings. The SMILES string of the molecule is COc1ccc(-n2c3ccccc3c3ncccc32)cc1. The summed E-state index contributed by atoms with van der Waals surface area (Å²) in [5.74, 6) is 0.859. The van der Waals surface area contributed by atoms with Crippen LogP contribution < -0.4 is 4.74 Å². The van der Waals surface area contributed by atoms with E-state index in [9.17, 15) is 0 Å². The first-order chi connectivity index (χ1) is 10.4. The third-order valence-corrected chi connectivity index (χ3v) is 3.76. The third-order valence-electron chi connectivity index (χ3n) is 3.76. The molecule has 3 nitrogen and oxygen atoms in total. The Hall–Kier alpha value is -2.81. The van der Waals surface area contributed by atoms with E-state index >= 15 is 0 Å². The standard InChI is InChI=1S/C18H14N2O/c1-21-14-10-8-13(9-11-14)20-16-6-3-2-5-15(16)18-17(20)7-4-12-19-18/h2-12H,1H3. The monoisotopic (exact) mass is 274 g/mol. The summed E-state index contributed by atoms with van der Waals surface area (Å²) in [6.45, 7) is 0. The fourth-order valence-electron chi connectivity index (χ4n) is 2.79. The molecule has 0 spiro atoms. The van der Waals surface area contributed by atoms with E-state index in [-0.39, 0.29) is 0 Å². The Morgan fingerprint density at radius 1 is 0.857 bits per heavy atom. The highest BCUT2D eigenvalue weighted by Crippen LogP contribution is 2.30. The first-order valence-electron chi connectivity index (χ1n) is 6.87. The lowest BCUT2D eigenvalue weighted by atomic mass is 10.2. The van der Waals surface area contributed by atoms with Crippen molar-refractivity contribution in [2.75, 3.05) is 7.11 Å². The summed E-state index contributed by atoms with van der Waals surface area (Å²) >= 11 is 0. The summed E-state index contributed by atoms with van der Waals surface area (Å²) in [5.41, 5.74) is 4.42. The summed E-state index contributed by atoms with van der Waals surface area (Å²) in [6, 6.07) is 20.5. The zero-order chi connectivity index (χ0) is 14.2. The quantitative estimate of drug-likeness (QED) is 0.548. The van der Waals surface area contributed by atoms with E-state index < -0.39 is 0 Å². The lowest BCUT2D eigenvalue weighted by Gasteiger charge is -2.08. The van der Waals surface area contributed by atoms with Gasteiger partial charge in [0.15, 0.2) is 0 Å². The second kappa shape index (κ2) is 4.63. The van der Waals surface area contributed by atoms with Gasteiger partial charge in [-0.05, 0) is 42.5 Å². The minimum absolute atomic E-state index is 0.859. The Kier molecular flexibility index (Phi) is 2.64. The van der Waals surface area contributed by atoms with E-state index in [1.807, 2.05) is 24.4 Å². The molecule has 0 saturated carbocycles. The van der Waals surface area contributed by atoms with Crippen LogP contribution in [0.1, 0.15) is 0 Å². The van der Waals surface area contributed by atoms with Crippen molar-refractivity contribution >= 4 is 21.9 Å². The molecule has 102 valence electrons. The number of pyridine rings is 1. The molecule has 0 fully saturated rings. The molecular weight excluding hydrogens is 260 g/mol. The zero-order valence-corrected chi connectivity index (χ0v) is 11.7. The molecular formula is C18H14N2O. The average molecular weight is 274 g/mol. The van der Waals surface area contributed by atoms with Gasteiger partial charge in [-0.1, -0.05) is 18.2 Å². The van der Waals surface area contributed by atoms with Gasteiger partial charge in [0, 0.05) is 17.3 Å². The Morgan fingerprint density at radius 2 is 1.62 bits per heavy atom. The first-order valence-corrected chi connectivity index (χ1v) is 6.87. The van der Waals surface area contributed by atoms with Crippen molar-refractivity contribution in [3.8, 4) is 11.4 Å². The van der Waals surface area contributed by atoms with Crippen LogP contribution in [0.4, 0.5) is 0 Å². The fraction of sp³-hybridized carbons (Fsp3) is 0.0556. The Morgan fingerprint density at radius 3 is 2.43 bits per heavy atom. The number of hydrogen-bond acceptors (Lipinski definition) is 2. The molecule has 4 rings (SSSR count). The van der Waals surface area contributed by atoms with Gasteiger partial charge < -0.3 is 9.30 Å². The normalized spacial score (nSPS) is 11.1. The van der Waals surface area contributed by atoms with Crippen LogP contribution in [0.15, 0.2) is 66.9 Å². The second-order valence-corrected chi connectivity index (χ2v) is 4.92. The van der Waals surface area contributed by atoms with Gasteiger partial charge in [0.05, 0.1) is 23.7 Å². The highest BCUT2D eigenvalue weighted by atomic mass is 16.5. The predicted octanol–water partition coefficient (Wildman–Crippen LogP) is 4.19. The molecule has 0 radical (unpaired) electrons. The number of nitrogens with zero attached hydrogens (tertiary/aromatic N) is 2. The van der Waals surface area contributed by atoms with Gasteiger partial charge in [-0.2, -0.15) is 0 Å². The summed E-state index contributed by atoms with van der Waals surface area (Å²) in [5, 5.41) is 1.17. The van der Waals surface area contributed by atoms with Crippen molar-refractivity contribution in [1.82, 2.24) is 9.55 Å². The molecule has 0 aliphatic carbocycles. The van der Waals surface area contributed by atoms with E-state index in [2.05, 4.69) is 52.0 Å². The van der Waals surface area contributed by atoms with Gasteiger partial charge in [-0.25, -0.2) is 0 Å². The minimum Gasteiger partial charge on any atom is -0.497 e. The topological polar surface area (TPSA) is 27.1 Å². The number of methoxy groups -OCH3 is 1. The highest BCUT2D eigenvalue weighted by Gasteiger charge is 2.11. The zero-order valence-electron chi connectivity index (χ0n) is 11.7. The summed E-state index contributed by atoms with van der Waals surface area (Å²) in [4.78, 5) is 4.54. The van der Waals surface area contributed by atoms with Crippen LogP contribution in [0, 0.1) is 0 Å². The molecule has 0 N–H and O–H groups in total. The number of fused-ring (bicyclic) bond motifs is 3. The lowest BCUT2D eigenvalue weighted by Crippen LogP contribution is -1.93. The van der Waals surface area contributed by atoms with Crippen molar-refractivity contribution in [2.45, 2.75) is 0 Å². The maximum atomic E-state index is 5.24. The largest absolute Gasteiger partial charge is 0.497 e. The maximum Gasteiger partial charge on any atom is 0.119 e. The minimum atomic E-state index is 0.859. The Labute approximate surface area is 122 Å². The Balaban J connectivity index is 2.09. The highest BCUT2D eigenvalue weighted by molar-refractivity contribution is 6.06. The molecule has 2 aromatic heterocycles. The summed E-state index contributed by atoms with van der Waals surface area (Å²) < 4.78 is 7.47. The van der Waals surface area contributed by atoms with E-state index in [1.165, 1.54) is 5.39 Å². The van der Waals surface area contributed by atoms with Crippen molar-refractivity contribution in [2.24, 2.45) is 0 Å². The number of benzene rings is 2. The molecule has 0 unspecified atom stereocenters. The molecule has 2 heterocycles. The van der Waals surface area contributed by atoms with Crippen LogP contribution in [-0.2, 0) is 0 Å². The number of ether oxygens (including phenoxy) is 1. The molecule has 0 aliphatic heterocycles. The summed E-state index contributed by atoms with van der Waals surface area (Å²) in [6.07, 6.45) is 1.84. The Bertz CT molecular complexity index is 870. The van der Waals surface area contributed by atoms with Crippen LogP contribution >= 0.6 is 0 Å². The van der Waals surface area contributed by atoms with Crippen LogP contribution in [0.5, 0.6) is 5.75 Å². The number of hydrogen-bond donors (Lipinski definition) is 0. The second-order valence-electron chi connectivity index (χ2n) is 4.92. The van der Waals surface area contributed by atoms with E-state index in [4.69, 9.17) is 4.74 Å². The average Bonchev–Trinajstić information content (AvgIpc) is 2.90. The van der Waals surface area contributed by atoms with Gasteiger partial charge in [0.2, 0.25) is 0 Å². The smallest absolute Gasteiger partial charge is 0.119 e. The number of rotatable bonds is 2. The fourth-order valence-corrected chi connectivity index (χ4v) is 2.79. The van der Waals surface area contributed by atoms with E-state index in [0.29, 0.717) is 0 Å². The van der Waals surface area contributed by atoms with Crippen LogP contribution in [-0.4, -0.2) is 16.7 Å². The molecule has 0 saturated heterocycles. The molecule has 0 bridgehead atoms. The van der Waals surface area contributed by atoms with Crippen molar-refractivity contribution in [3.63, 3.8) is 0 Å². The third kappa shape index (κ3) is 1.78. The molecule has 3 heteroatoms. The maximum absolute atomic E-state index is 5.24. The molecule has 0 atom stereocenters. The van der Waals surface area contributed by atoms with Gasteiger partial charge in [0.25, 0.3) is 0 Å². The van der Waals surface area contributed by atoms with Crippen LogP contribution in [0.3, 0.4) is 0 Å². The van der Waals surface area contributed by atoms with Crippen molar-refractivity contribution < 1.29 is 4.74 Å². The van der Waals surface area contributed by atoms with Crippen molar-refractivity contribution in [3.05, 3.63) is 66.9 Å². The van der Waals surface area contributed by atoms with Gasteiger partial charge in [-0.3, -0.25) is 4.98 Å². The van der Waals surface area contributed by atoms with Gasteiger partial charge in [0.1, 0.15) is 5.75 Å². The van der Waals surface area contributed by atoms with Crippen molar-refractivity contribution in [1.29, 1.82) is 0 Å². The van der Waals surface area contributed by atoms with Gasteiger partial charge in [-0.15, -0.1) is 0 Å². The predicted molar refractivity (Wildman–Crippen MR) is 85.1 cm³/mol. The van der Waals surface area contributed by atoms with Crippen LogP contribution in [0.25, 0.3) is 27.6 Å². The number of para-hydroxylation sites is 1. The van der Waals surface area contributed by atoms with Gasteiger partial charge >= 0.3 is 0 Å². The molecule has 0 aliphatic rings. The van der Waals surface area contributed by atoms with E-state index in [0.717, 1.165) is 28.0 Å². The lowest BCUT2D eigenvalue weighted by molar-refractivity contribution is 0.415. The molecule has 21 heavy (non-hydrogen) atoms.